The van der Waals surface area contributed by atoms with Gasteiger partial charge in [0.05, 0.1) is 39.5 Å². The van der Waals surface area contributed by atoms with E-state index in [1.807, 2.05) is 42.5 Å². The molecule has 1 aliphatic heterocycles. The van der Waals surface area contributed by atoms with E-state index in [-0.39, 0.29) is 10.7 Å². The van der Waals surface area contributed by atoms with Gasteiger partial charge in [-0.1, -0.05) is 30.3 Å². The molecule has 0 atom stereocenters. The van der Waals surface area contributed by atoms with Crippen LogP contribution in [0.5, 0.6) is 5.75 Å². The standard InChI is InChI=1S/C30H37N7O3S/c1-20(2)41(38,39)27-12-7-6-9-22(27)23-10-8-11-25-28(23)29(31)34-30(33-25)32-24-14-13-21(19-26(24)40-5)36(4)37-17-15-35(3)16-18-37/h6-14,19-20H,15-18H2,1-5H3,(H3,31,32,33,34). The van der Waals surface area contributed by atoms with Crippen molar-refractivity contribution in [3.63, 3.8) is 0 Å². The molecule has 0 bridgehead atoms. The van der Waals surface area contributed by atoms with Crippen LogP contribution in [-0.2, 0) is 9.84 Å². The first-order valence-electron chi connectivity index (χ1n) is 13.6. The number of hydrazine groups is 1. The summed E-state index contributed by atoms with van der Waals surface area (Å²) in [4.78, 5) is 11.9. The van der Waals surface area contributed by atoms with E-state index in [0.717, 1.165) is 31.9 Å². The molecule has 3 N–H and O–H groups in total. The van der Waals surface area contributed by atoms with Crippen LogP contribution >= 0.6 is 0 Å². The second-order valence-electron chi connectivity index (χ2n) is 10.5. The van der Waals surface area contributed by atoms with Gasteiger partial charge in [0.1, 0.15) is 11.6 Å². The van der Waals surface area contributed by atoms with Gasteiger partial charge < -0.3 is 25.7 Å². The highest BCUT2D eigenvalue weighted by Crippen LogP contribution is 2.37. The molecule has 11 heteroatoms. The van der Waals surface area contributed by atoms with Crippen molar-refractivity contribution in [1.29, 1.82) is 0 Å². The van der Waals surface area contributed by atoms with Crippen LogP contribution in [0.15, 0.2) is 65.6 Å². The van der Waals surface area contributed by atoms with Crippen molar-refractivity contribution in [2.75, 3.05) is 63.4 Å². The number of sulfone groups is 1. The smallest absolute Gasteiger partial charge is 0.229 e. The number of rotatable bonds is 8. The summed E-state index contributed by atoms with van der Waals surface area (Å²) in [7, 11) is 2.30. The van der Waals surface area contributed by atoms with Gasteiger partial charge in [-0.2, -0.15) is 4.98 Å². The third-order valence-electron chi connectivity index (χ3n) is 7.56. The lowest BCUT2D eigenvalue weighted by Gasteiger charge is -2.39. The highest BCUT2D eigenvalue weighted by Gasteiger charge is 2.25. The van der Waals surface area contributed by atoms with E-state index in [1.54, 1.807) is 39.2 Å². The van der Waals surface area contributed by atoms with Crippen molar-refractivity contribution in [2.24, 2.45) is 0 Å². The van der Waals surface area contributed by atoms with Gasteiger partial charge in [-0.15, -0.1) is 0 Å². The van der Waals surface area contributed by atoms with Gasteiger partial charge in [-0.05, 0) is 50.7 Å². The van der Waals surface area contributed by atoms with E-state index >= 15 is 0 Å². The van der Waals surface area contributed by atoms with Crippen LogP contribution in [-0.4, -0.2) is 80.9 Å². The summed E-state index contributed by atoms with van der Waals surface area (Å²) < 4.78 is 32.0. The van der Waals surface area contributed by atoms with Crippen molar-refractivity contribution in [3.05, 3.63) is 60.7 Å². The van der Waals surface area contributed by atoms with Crippen molar-refractivity contribution in [3.8, 4) is 16.9 Å². The second-order valence-corrected chi connectivity index (χ2v) is 13.0. The fourth-order valence-corrected chi connectivity index (χ4v) is 6.31. The molecule has 1 aromatic heterocycles. The number of anilines is 4. The number of hydrogen-bond acceptors (Lipinski definition) is 10. The maximum atomic E-state index is 13.1. The van der Waals surface area contributed by atoms with Crippen LogP contribution in [0.3, 0.4) is 0 Å². The monoisotopic (exact) mass is 575 g/mol. The maximum absolute atomic E-state index is 13.1. The summed E-state index contributed by atoms with van der Waals surface area (Å²) in [5, 5.41) is 7.76. The summed E-state index contributed by atoms with van der Waals surface area (Å²) in [5.74, 6) is 1.20. The Bertz CT molecular complexity index is 1670. The Labute approximate surface area is 241 Å². The number of fused-ring (bicyclic) bond motifs is 1. The number of hydrogen-bond donors (Lipinski definition) is 2. The number of aromatic nitrogens is 2. The van der Waals surface area contributed by atoms with Crippen LogP contribution in [0, 0.1) is 0 Å². The zero-order valence-corrected chi connectivity index (χ0v) is 24.9. The summed E-state index contributed by atoms with van der Waals surface area (Å²) in [6.07, 6.45) is 0. The Morgan fingerprint density at radius 2 is 1.68 bits per heavy atom. The number of piperazine rings is 1. The quantitative estimate of drug-likeness (QED) is 0.313. The van der Waals surface area contributed by atoms with Crippen molar-refractivity contribution >= 4 is 43.9 Å². The van der Waals surface area contributed by atoms with E-state index in [1.165, 1.54) is 0 Å². The van der Waals surface area contributed by atoms with Gasteiger partial charge in [-0.3, -0.25) is 0 Å². The third-order valence-corrected chi connectivity index (χ3v) is 9.78. The minimum atomic E-state index is -3.53. The first kappa shape index (κ1) is 28.6. The fraction of sp³-hybridized carbons (Fsp3) is 0.333. The van der Waals surface area contributed by atoms with Gasteiger partial charge >= 0.3 is 0 Å². The first-order valence-corrected chi connectivity index (χ1v) is 15.2. The molecule has 0 radical (unpaired) electrons. The molecule has 1 aliphatic rings. The van der Waals surface area contributed by atoms with Gasteiger partial charge in [0, 0.05) is 44.9 Å². The molecule has 1 saturated heterocycles. The van der Waals surface area contributed by atoms with Crippen LogP contribution in [0.1, 0.15) is 13.8 Å². The highest BCUT2D eigenvalue weighted by atomic mass is 32.2. The lowest BCUT2D eigenvalue weighted by molar-refractivity contribution is 0.148. The first-order chi connectivity index (χ1) is 19.6. The molecule has 0 saturated carbocycles. The van der Waals surface area contributed by atoms with Crippen molar-refractivity contribution in [1.82, 2.24) is 19.9 Å². The van der Waals surface area contributed by atoms with Crippen LogP contribution < -0.4 is 20.8 Å². The van der Waals surface area contributed by atoms with E-state index in [2.05, 4.69) is 39.3 Å². The second kappa shape index (κ2) is 11.5. The summed E-state index contributed by atoms with van der Waals surface area (Å²) in [6, 6.07) is 18.5. The number of nitrogens with one attached hydrogen (secondary N) is 1. The molecular formula is C30H37N7O3S. The highest BCUT2D eigenvalue weighted by molar-refractivity contribution is 7.92. The normalized spacial score (nSPS) is 14.9. The molecule has 5 rings (SSSR count). The molecule has 41 heavy (non-hydrogen) atoms. The summed E-state index contributed by atoms with van der Waals surface area (Å²) >= 11 is 0. The topological polar surface area (TPSA) is 117 Å². The summed E-state index contributed by atoms with van der Waals surface area (Å²) in [6.45, 7) is 7.29. The number of methoxy groups -OCH3 is 1. The van der Waals surface area contributed by atoms with Crippen molar-refractivity contribution < 1.29 is 13.2 Å². The minimum Gasteiger partial charge on any atom is -0.494 e. The Hall–Kier alpha value is -3.93. The predicted octanol–water partition coefficient (Wildman–Crippen LogP) is 4.41. The molecule has 1 fully saturated rings. The van der Waals surface area contributed by atoms with Crippen LogP contribution in [0.4, 0.5) is 23.1 Å². The van der Waals surface area contributed by atoms with Gasteiger partial charge in [0.15, 0.2) is 9.84 Å². The summed E-state index contributed by atoms with van der Waals surface area (Å²) in [5.41, 5.74) is 10.1. The number of nitrogens with two attached hydrogens (primary N) is 1. The Balaban J connectivity index is 1.48. The number of likely N-dealkylation sites (N-methyl/N-ethyl adjacent to an activating group) is 1. The zero-order chi connectivity index (χ0) is 29.3. The van der Waals surface area contributed by atoms with Gasteiger partial charge in [0.25, 0.3) is 0 Å². The molecule has 0 aliphatic carbocycles. The Morgan fingerprint density at radius 1 is 0.976 bits per heavy atom. The third kappa shape index (κ3) is 5.65. The van der Waals surface area contributed by atoms with E-state index < -0.39 is 15.1 Å². The molecule has 10 nitrogen and oxygen atoms in total. The molecule has 0 unspecified atom stereocenters. The van der Waals surface area contributed by atoms with E-state index in [9.17, 15) is 8.42 Å². The van der Waals surface area contributed by atoms with E-state index in [0.29, 0.717) is 39.4 Å². The average molecular weight is 576 g/mol. The number of ether oxygens (including phenoxy) is 1. The molecular weight excluding hydrogens is 538 g/mol. The Morgan fingerprint density at radius 3 is 2.39 bits per heavy atom. The lowest BCUT2D eigenvalue weighted by atomic mass is 10.0. The number of nitrogens with zero attached hydrogens (tertiary/aromatic N) is 5. The fourth-order valence-electron chi connectivity index (χ4n) is 5.05. The van der Waals surface area contributed by atoms with Gasteiger partial charge in [-0.25, -0.2) is 18.4 Å². The molecule has 2 heterocycles. The molecule has 3 aromatic carbocycles. The molecule has 0 amide bonds. The largest absolute Gasteiger partial charge is 0.494 e. The van der Waals surface area contributed by atoms with Gasteiger partial charge in [0.2, 0.25) is 5.95 Å². The van der Waals surface area contributed by atoms with Crippen molar-refractivity contribution in [2.45, 2.75) is 24.0 Å². The number of benzene rings is 3. The number of nitrogen functional groups attached to an aromatic ring is 1. The molecule has 0 spiro atoms. The average Bonchev–Trinajstić information content (AvgIpc) is 2.97. The maximum Gasteiger partial charge on any atom is 0.229 e. The lowest BCUT2D eigenvalue weighted by Crippen LogP contribution is -2.51. The predicted molar refractivity (Wildman–Crippen MR) is 165 cm³/mol. The Kier molecular flexibility index (Phi) is 8.03. The SMILES string of the molecule is COc1cc(N(C)N2CCN(C)CC2)ccc1Nc1nc(N)c2c(-c3ccccc3S(=O)(=O)C(C)C)cccc2n1. The minimum absolute atomic E-state index is 0.246. The molecule has 4 aromatic rings. The van der Waals surface area contributed by atoms with Crippen LogP contribution in [0.2, 0.25) is 0 Å². The van der Waals surface area contributed by atoms with E-state index in [4.69, 9.17) is 15.5 Å². The zero-order valence-electron chi connectivity index (χ0n) is 24.1. The molecule has 216 valence electrons. The van der Waals surface area contributed by atoms with Crippen LogP contribution in [0.25, 0.3) is 22.0 Å².